The number of ether oxygens (including phenoxy) is 2. The second kappa shape index (κ2) is 6.40. The van der Waals surface area contributed by atoms with Gasteiger partial charge in [-0.2, -0.15) is 0 Å². The highest BCUT2D eigenvalue weighted by molar-refractivity contribution is 9.10. The molecule has 5 heteroatoms. The van der Waals surface area contributed by atoms with E-state index in [9.17, 15) is 4.79 Å². The molecule has 0 saturated heterocycles. The van der Waals surface area contributed by atoms with Crippen LogP contribution < -0.4 is 14.8 Å². The number of fused-ring (bicyclic) bond motifs is 1. The second-order valence-electron chi connectivity index (χ2n) is 5.15. The third-order valence-electron chi connectivity index (χ3n) is 3.53. The summed E-state index contributed by atoms with van der Waals surface area (Å²) in [5.41, 5.74) is 1.04. The van der Waals surface area contributed by atoms with Gasteiger partial charge in [-0.3, -0.25) is 4.79 Å². The van der Waals surface area contributed by atoms with Crippen LogP contribution in [-0.4, -0.2) is 18.6 Å². The van der Waals surface area contributed by atoms with Crippen molar-refractivity contribution in [1.82, 2.24) is 5.32 Å². The lowest BCUT2D eigenvalue weighted by Gasteiger charge is -2.26. The molecule has 0 aliphatic carbocycles. The molecule has 0 saturated carbocycles. The van der Waals surface area contributed by atoms with Crippen molar-refractivity contribution < 1.29 is 14.3 Å². The molecule has 0 radical (unpaired) electrons. The number of rotatable bonds is 3. The number of benzene rings is 2. The molecular formula is C17H16BrNO3. The summed E-state index contributed by atoms with van der Waals surface area (Å²) in [5, 5.41) is 2.96. The Kier molecular flexibility index (Phi) is 4.34. The summed E-state index contributed by atoms with van der Waals surface area (Å²) in [4.78, 5) is 12.3. The fraction of sp³-hybridized carbons (Fsp3) is 0.235. The Hall–Kier alpha value is -2.01. The van der Waals surface area contributed by atoms with E-state index in [1.807, 2.05) is 49.4 Å². The van der Waals surface area contributed by atoms with Gasteiger partial charge in [0.05, 0.1) is 6.04 Å². The predicted octanol–water partition coefficient (Wildman–Crippen LogP) is 3.47. The molecule has 1 N–H and O–H groups in total. The van der Waals surface area contributed by atoms with Crippen molar-refractivity contribution in [2.45, 2.75) is 19.1 Å². The average Bonchev–Trinajstić information content (AvgIpc) is 2.55. The van der Waals surface area contributed by atoms with Gasteiger partial charge in [0.1, 0.15) is 6.61 Å². The third kappa shape index (κ3) is 3.25. The largest absolute Gasteiger partial charge is 0.485 e. The highest BCUT2D eigenvalue weighted by Gasteiger charge is 2.28. The molecule has 114 valence electrons. The van der Waals surface area contributed by atoms with Gasteiger partial charge in [0.2, 0.25) is 6.10 Å². The second-order valence-corrected chi connectivity index (χ2v) is 6.06. The van der Waals surface area contributed by atoms with Gasteiger partial charge in [0.15, 0.2) is 11.5 Å². The van der Waals surface area contributed by atoms with Crippen LogP contribution in [0.3, 0.4) is 0 Å². The molecule has 0 aromatic heterocycles. The summed E-state index contributed by atoms with van der Waals surface area (Å²) < 4.78 is 12.3. The molecule has 2 aromatic carbocycles. The van der Waals surface area contributed by atoms with Crippen LogP contribution in [0.2, 0.25) is 0 Å². The summed E-state index contributed by atoms with van der Waals surface area (Å²) in [5.74, 6) is 1.10. The summed E-state index contributed by atoms with van der Waals surface area (Å²) in [7, 11) is 0. The monoisotopic (exact) mass is 361 g/mol. The van der Waals surface area contributed by atoms with Crippen LogP contribution in [-0.2, 0) is 4.79 Å². The predicted molar refractivity (Wildman–Crippen MR) is 87.1 cm³/mol. The van der Waals surface area contributed by atoms with Crippen LogP contribution >= 0.6 is 15.9 Å². The van der Waals surface area contributed by atoms with E-state index in [2.05, 4.69) is 21.2 Å². The fourth-order valence-electron chi connectivity index (χ4n) is 2.29. The van der Waals surface area contributed by atoms with E-state index >= 15 is 0 Å². The van der Waals surface area contributed by atoms with Gasteiger partial charge in [-0.25, -0.2) is 0 Å². The minimum Gasteiger partial charge on any atom is -0.485 e. The first kappa shape index (κ1) is 14.9. The molecule has 2 atom stereocenters. The topological polar surface area (TPSA) is 47.6 Å². The molecule has 0 bridgehead atoms. The van der Waals surface area contributed by atoms with Gasteiger partial charge in [0.25, 0.3) is 5.91 Å². The maximum atomic E-state index is 12.3. The Bertz CT molecular complexity index is 672. The minimum absolute atomic E-state index is 0.0960. The Morgan fingerprint density at radius 1 is 1.18 bits per heavy atom. The maximum absolute atomic E-state index is 12.3. The SMILES string of the molecule is C[C@H](NC(=O)[C@H]1COc2ccccc2O1)c1ccc(Br)cc1. The van der Waals surface area contributed by atoms with Gasteiger partial charge in [-0.15, -0.1) is 0 Å². The molecule has 1 amide bonds. The van der Waals surface area contributed by atoms with Crippen LogP contribution in [0.5, 0.6) is 11.5 Å². The van der Waals surface area contributed by atoms with Crippen LogP contribution in [0, 0.1) is 0 Å². The summed E-state index contributed by atoms with van der Waals surface area (Å²) in [6.07, 6.45) is -0.632. The molecule has 3 rings (SSSR count). The molecule has 1 heterocycles. The number of nitrogens with one attached hydrogen (secondary N) is 1. The number of carbonyl (C=O) groups excluding carboxylic acids is 1. The maximum Gasteiger partial charge on any atom is 0.265 e. The Morgan fingerprint density at radius 3 is 2.59 bits per heavy atom. The number of amides is 1. The van der Waals surface area contributed by atoms with Crippen molar-refractivity contribution in [2.24, 2.45) is 0 Å². The van der Waals surface area contributed by atoms with E-state index in [1.54, 1.807) is 6.07 Å². The number of hydrogen-bond acceptors (Lipinski definition) is 3. The number of carbonyl (C=O) groups is 1. The van der Waals surface area contributed by atoms with Crippen LogP contribution in [0.1, 0.15) is 18.5 Å². The third-order valence-corrected chi connectivity index (χ3v) is 4.06. The molecule has 0 spiro atoms. The van der Waals surface area contributed by atoms with E-state index in [-0.39, 0.29) is 18.6 Å². The summed E-state index contributed by atoms with van der Waals surface area (Å²) >= 11 is 3.40. The molecule has 1 aliphatic heterocycles. The highest BCUT2D eigenvalue weighted by atomic mass is 79.9. The van der Waals surface area contributed by atoms with Crippen molar-refractivity contribution in [3.05, 3.63) is 58.6 Å². The molecule has 4 nitrogen and oxygen atoms in total. The van der Waals surface area contributed by atoms with E-state index in [1.165, 1.54) is 0 Å². The number of para-hydroxylation sites is 2. The first-order chi connectivity index (χ1) is 10.6. The van der Waals surface area contributed by atoms with Gasteiger partial charge in [0, 0.05) is 4.47 Å². The first-order valence-electron chi connectivity index (χ1n) is 7.08. The minimum atomic E-state index is -0.632. The lowest BCUT2D eigenvalue weighted by Crippen LogP contribution is -2.44. The Morgan fingerprint density at radius 2 is 1.86 bits per heavy atom. The van der Waals surface area contributed by atoms with Crippen molar-refractivity contribution >= 4 is 21.8 Å². The van der Waals surface area contributed by atoms with Gasteiger partial charge in [-0.05, 0) is 36.8 Å². The standard InChI is InChI=1S/C17H16BrNO3/c1-11(12-6-8-13(18)9-7-12)19-17(20)16-10-21-14-4-2-3-5-15(14)22-16/h2-9,11,16H,10H2,1H3,(H,19,20)/t11-,16+/m0/s1. The fourth-order valence-corrected chi connectivity index (χ4v) is 2.55. The Labute approximate surface area is 137 Å². The van der Waals surface area contributed by atoms with E-state index in [0.29, 0.717) is 11.5 Å². The molecular weight excluding hydrogens is 346 g/mol. The van der Waals surface area contributed by atoms with Crippen LogP contribution in [0.25, 0.3) is 0 Å². The first-order valence-corrected chi connectivity index (χ1v) is 7.87. The quantitative estimate of drug-likeness (QED) is 0.910. The lowest BCUT2D eigenvalue weighted by molar-refractivity contribution is -0.131. The zero-order chi connectivity index (χ0) is 15.5. The van der Waals surface area contributed by atoms with E-state index < -0.39 is 6.10 Å². The average molecular weight is 362 g/mol. The molecule has 22 heavy (non-hydrogen) atoms. The lowest BCUT2D eigenvalue weighted by atomic mass is 10.1. The number of halogens is 1. The van der Waals surface area contributed by atoms with Crippen LogP contribution in [0.4, 0.5) is 0 Å². The van der Waals surface area contributed by atoms with Crippen molar-refractivity contribution in [1.29, 1.82) is 0 Å². The number of hydrogen-bond donors (Lipinski definition) is 1. The van der Waals surface area contributed by atoms with Gasteiger partial charge < -0.3 is 14.8 Å². The van der Waals surface area contributed by atoms with E-state index in [0.717, 1.165) is 10.0 Å². The van der Waals surface area contributed by atoms with Crippen molar-refractivity contribution in [3.63, 3.8) is 0 Å². The normalized spacial score (nSPS) is 17.6. The molecule has 2 aromatic rings. The van der Waals surface area contributed by atoms with Crippen molar-refractivity contribution in [3.8, 4) is 11.5 Å². The smallest absolute Gasteiger partial charge is 0.265 e. The molecule has 0 fully saturated rings. The molecule has 1 aliphatic rings. The van der Waals surface area contributed by atoms with E-state index in [4.69, 9.17) is 9.47 Å². The van der Waals surface area contributed by atoms with Crippen molar-refractivity contribution in [2.75, 3.05) is 6.61 Å². The zero-order valence-electron chi connectivity index (χ0n) is 12.1. The Balaban J connectivity index is 1.64. The molecule has 0 unspecified atom stereocenters. The highest BCUT2D eigenvalue weighted by Crippen LogP contribution is 2.31. The summed E-state index contributed by atoms with van der Waals surface area (Å²) in [6, 6.07) is 15.1. The van der Waals surface area contributed by atoms with Crippen LogP contribution in [0.15, 0.2) is 53.0 Å². The summed E-state index contributed by atoms with van der Waals surface area (Å²) in [6.45, 7) is 2.16. The van der Waals surface area contributed by atoms with Gasteiger partial charge >= 0.3 is 0 Å². The van der Waals surface area contributed by atoms with Gasteiger partial charge in [-0.1, -0.05) is 40.2 Å². The zero-order valence-corrected chi connectivity index (χ0v) is 13.7.